The van der Waals surface area contributed by atoms with Crippen molar-refractivity contribution in [2.45, 2.75) is 17.3 Å². The van der Waals surface area contributed by atoms with Crippen LogP contribution in [-0.4, -0.2) is 38.8 Å². The molecule has 29 heavy (non-hydrogen) atoms. The molecule has 2 amide bonds. The Bertz CT molecular complexity index is 1030. The van der Waals surface area contributed by atoms with Crippen LogP contribution in [0.15, 0.2) is 34.8 Å². The molecule has 0 radical (unpaired) electrons. The number of aromatic amines is 1. The number of thiophene rings is 1. The molecule has 0 aliphatic heterocycles. The highest BCUT2D eigenvalue weighted by molar-refractivity contribution is 8.00. The quantitative estimate of drug-likeness (QED) is 0.386. The predicted octanol–water partition coefficient (Wildman–Crippen LogP) is 3.19. The van der Waals surface area contributed by atoms with Crippen molar-refractivity contribution in [3.05, 3.63) is 47.1 Å². The minimum atomic E-state index is -1.69. The van der Waals surface area contributed by atoms with Crippen molar-refractivity contribution in [2.75, 3.05) is 11.9 Å². The van der Waals surface area contributed by atoms with E-state index >= 15 is 0 Å². The molecule has 12 heteroatoms. The van der Waals surface area contributed by atoms with Crippen LogP contribution in [0.5, 0.6) is 0 Å². The Morgan fingerprint density at radius 3 is 2.76 bits per heavy atom. The predicted molar refractivity (Wildman–Crippen MR) is 103 cm³/mol. The molecule has 1 aromatic carbocycles. The van der Waals surface area contributed by atoms with E-state index in [1.807, 2.05) is 17.5 Å². The van der Waals surface area contributed by atoms with Crippen LogP contribution >= 0.6 is 23.1 Å². The van der Waals surface area contributed by atoms with Crippen molar-refractivity contribution < 1.29 is 22.8 Å². The summed E-state index contributed by atoms with van der Waals surface area (Å²) in [4.78, 5) is 29.2. The van der Waals surface area contributed by atoms with Crippen molar-refractivity contribution in [1.82, 2.24) is 20.5 Å². The fourth-order valence-electron chi connectivity index (χ4n) is 2.16. The van der Waals surface area contributed by atoms with Crippen molar-refractivity contribution in [3.8, 4) is 10.7 Å². The number of hydrogen-bond acceptors (Lipinski definition) is 6. The SMILES string of the molecule is C[C@H](Sc1n[nH]c(-c2cccs2)n1)C(=O)NCC(=O)Nc1ccc(F)c(F)c1F. The monoisotopic (exact) mass is 441 g/mol. The lowest BCUT2D eigenvalue weighted by Gasteiger charge is -2.11. The largest absolute Gasteiger partial charge is 0.346 e. The van der Waals surface area contributed by atoms with Gasteiger partial charge in [-0.1, -0.05) is 17.8 Å². The van der Waals surface area contributed by atoms with Crippen LogP contribution in [0.25, 0.3) is 10.7 Å². The molecule has 3 rings (SSSR count). The Morgan fingerprint density at radius 1 is 1.24 bits per heavy atom. The lowest BCUT2D eigenvalue weighted by Crippen LogP contribution is -2.37. The second kappa shape index (κ2) is 9.09. The summed E-state index contributed by atoms with van der Waals surface area (Å²) >= 11 is 2.58. The number of rotatable bonds is 7. The summed E-state index contributed by atoms with van der Waals surface area (Å²) in [6, 6.07) is 5.33. The average molecular weight is 441 g/mol. The number of carbonyl (C=O) groups excluding carboxylic acids is 2. The molecule has 0 saturated heterocycles. The molecule has 0 unspecified atom stereocenters. The first-order chi connectivity index (χ1) is 13.8. The maximum absolute atomic E-state index is 13.6. The molecular formula is C17H14F3N5O2S2. The number of nitrogens with one attached hydrogen (secondary N) is 3. The fraction of sp³-hybridized carbons (Fsp3) is 0.176. The molecule has 0 saturated carbocycles. The van der Waals surface area contributed by atoms with E-state index < -0.39 is 46.7 Å². The first-order valence-corrected chi connectivity index (χ1v) is 9.95. The third kappa shape index (κ3) is 5.15. The minimum absolute atomic E-state index is 0.365. The number of amides is 2. The van der Waals surface area contributed by atoms with Crippen LogP contribution in [0.3, 0.4) is 0 Å². The number of thioether (sulfide) groups is 1. The molecule has 0 aliphatic rings. The molecular weight excluding hydrogens is 427 g/mol. The Kier molecular flexibility index (Phi) is 6.54. The highest BCUT2D eigenvalue weighted by atomic mass is 32.2. The summed E-state index contributed by atoms with van der Waals surface area (Å²) in [6.45, 7) is 1.13. The number of anilines is 1. The van der Waals surface area contributed by atoms with Gasteiger partial charge >= 0.3 is 0 Å². The number of nitrogens with zero attached hydrogens (tertiary/aromatic N) is 2. The number of carbonyl (C=O) groups is 2. The van der Waals surface area contributed by atoms with Crippen LogP contribution in [-0.2, 0) is 9.59 Å². The topological polar surface area (TPSA) is 99.8 Å². The average Bonchev–Trinajstić information content (AvgIpc) is 3.38. The summed E-state index contributed by atoms with van der Waals surface area (Å²) in [7, 11) is 0. The van der Waals surface area contributed by atoms with E-state index in [1.54, 1.807) is 6.92 Å². The number of H-pyrrole nitrogens is 1. The summed E-state index contributed by atoms with van der Waals surface area (Å²) in [5, 5.41) is 12.9. The highest BCUT2D eigenvalue weighted by Gasteiger charge is 2.19. The van der Waals surface area contributed by atoms with Gasteiger partial charge in [0.15, 0.2) is 23.3 Å². The standard InChI is InChI=1S/C17H14F3N5O2S2/c1-8(29-17-23-15(24-25-17)11-3-2-6-28-11)16(27)21-7-12(26)22-10-5-4-9(18)13(19)14(10)20/h2-6,8H,7H2,1H3,(H,21,27)(H,22,26)(H,23,24,25)/t8-/m0/s1. The fourth-order valence-corrected chi connectivity index (χ4v) is 3.57. The molecule has 2 heterocycles. The van der Waals surface area contributed by atoms with E-state index in [0.717, 1.165) is 22.7 Å². The summed E-state index contributed by atoms with van der Waals surface area (Å²) in [6.07, 6.45) is 0. The number of benzene rings is 1. The highest BCUT2D eigenvalue weighted by Crippen LogP contribution is 2.25. The Labute approximate surface area is 171 Å². The molecule has 1 atom stereocenters. The zero-order valence-corrected chi connectivity index (χ0v) is 16.5. The minimum Gasteiger partial charge on any atom is -0.346 e. The van der Waals surface area contributed by atoms with Crippen LogP contribution < -0.4 is 10.6 Å². The van der Waals surface area contributed by atoms with Gasteiger partial charge in [-0.25, -0.2) is 18.2 Å². The Balaban J connectivity index is 1.50. The van der Waals surface area contributed by atoms with Crippen LogP contribution in [0.4, 0.5) is 18.9 Å². The van der Waals surface area contributed by atoms with Crippen LogP contribution in [0.1, 0.15) is 6.92 Å². The summed E-state index contributed by atoms with van der Waals surface area (Å²) in [5.74, 6) is -5.25. The number of hydrogen-bond donors (Lipinski definition) is 3. The van der Waals surface area contributed by atoms with Crippen molar-refractivity contribution >= 4 is 40.6 Å². The van der Waals surface area contributed by atoms with Gasteiger partial charge in [0, 0.05) is 0 Å². The zero-order chi connectivity index (χ0) is 21.0. The first-order valence-electron chi connectivity index (χ1n) is 8.19. The van der Waals surface area contributed by atoms with E-state index in [2.05, 4.69) is 25.8 Å². The molecule has 3 N–H and O–H groups in total. The molecule has 0 aliphatic carbocycles. The molecule has 0 bridgehead atoms. The summed E-state index contributed by atoms with van der Waals surface area (Å²) < 4.78 is 39.6. The van der Waals surface area contributed by atoms with Gasteiger partial charge in [-0.2, -0.15) is 0 Å². The molecule has 2 aromatic heterocycles. The lowest BCUT2D eigenvalue weighted by molar-refractivity contribution is -0.123. The first kappa shape index (κ1) is 20.9. The van der Waals surface area contributed by atoms with E-state index in [4.69, 9.17) is 0 Å². The molecule has 152 valence electrons. The number of halogens is 3. The molecule has 7 nitrogen and oxygen atoms in total. The Hall–Kier alpha value is -2.86. The van der Waals surface area contributed by atoms with Gasteiger partial charge in [0.05, 0.1) is 22.4 Å². The van der Waals surface area contributed by atoms with Gasteiger partial charge < -0.3 is 10.6 Å². The Morgan fingerprint density at radius 2 is 2.03 bits per heavy atom. The maximum atomic E-state index is 13.6. The summed E-state index contributed by atoms with van der Waals surface area (Å²) in [5.41, 5.74) is -0.521. The molecule has 3 aromatic rings. The van der Waals surface area contributed by atoms with Crippen LogP contribution in [0.2, 0.25) is 0 Å². The van der Waals surface area contributed by atoms with E-state index in [1.165, 1.54) is 11.3 Å². The van der Waals surface area contributed by atoms with E-state index in [0.29, 0.717) is 17.0 Å². The van der Waals surface area contributed by atoms with E-state index in [9.17, 15) is 22.8 Å². The second-order valence-electron chi connectivity index (χ2n) is 5.69. The van der Waals surface area contributed by atoms with Crippen molar-refractivity contribution in [3.63, 3.8) is 0 Å². The van der Waals surface area contributed by atoms with Gasteiger partial charge in [0.25, 0.3) is 0 Å². The van der Waals surface area contributed by atoms with Gasteiger partial charge in [0.1, 0.15) is 0 Å². The molecule has 0 spiro atoms. The number of aromatic nitrogens is 3. The third-order valence-corrected chi connectivity index (χ3v) is 5.44. The van der Waals surface area contributed by atoms with Gasteiger partial charge in [-0.3, -0.25) is 14.7 Å². The van der Waals surface area contributed by atoms with Gasteiger partial charge in [0.2, 0.25) is 17.0 Å². The zero-order valence-electron chi connectivity index (χ0n) is 14.8. The van der Waals surface area contributed by atoms with Gasteiger partial charge in [-0.15, -0.1) is 16.4 Å². The van der Waals surface area contributed by atoms with Gasteiger partial charge in [-0.05, 0) is 30.5 Å². The lowest BCUT2D eigenvalue weighted by atomic mass is 10.2. The second-order valence-corrected chi connectivity index (χ2v) is 7.95. The molecule has 0 fully saturated rings. The van der Waals surface area contributed by atoms with Crippen LogP contribution in [0, 0.1) is 17.5 Å². The third-order valence-electron chi connectivity index (χ3n) is 3.60. The van der Waals surface area contributed by atoms with Crippen molar-refractivity contribution in [1.29, 1.82) is 0 Å². The normalized spacial score (nSPS) is 11.9. The van der Waals surface area contributed by atoms with E-state index in [-0.39, 0.29) is 0 Å². The maximum Gasteiger partial charge on any atom is 0.243 e. The van der Waals surface area contributed by atoms with Crippen molar-refractivity contribution in [2.24, 2.45) is 0 Å². The smallest absolute Gasteiger partial charge is 0.243 e.